The molecule has 3 nitrogen and oxygen atoms in total. The minimum atomic E-state index is -0.602. The SMILES string of the molecule is NNc1cc(O)c(Cl)cc1F. The van der Waals surface area contributed by atoms with Crippen LogP contribution in [0.15, 0.2) is 12.1 Å². The molecule has 0 heterocycles. The molecule has 0 spiro atoms. The van der Waals surface area contributed by atoms with E-state index in [-0.39, 0.29) is 16.5 Å². The van der Waals surface area contributed by atoms with Gasteiger partial charge in [0.25, 0.3) is 0 Å². The van der Waals surface area contributed by atoms with E-state index in [1.165, 1.54) is 0 Å². The van der Waals surface area contributed by atoms with Gasteiger partial charge >= 0.3 is 0 Å². The molecule has 4 N–H and O–H groups in total. The van der Waals surface area contributed by atoms with Crippen LogP contribution in [0.2, 0.25) is 5.02 Å². The van der Waals surface area contributed by atoms with Gasteiger partial charge in [0.15, 0.2) is 0 Å². The van der Waals surface area contributed by atoms with Crippen molar-refractivity contribution in [2.24, 2.45) is 5.84 Å². The molecular weight excluding hydrogens is 171 g/mol. The number of phenols is 1. The van der Waals surface area contributed by atoms with Gasteiger partial charge in [-0.2, -0.15) is 0 Å². The standard InChI is InChI=1S/C6H6ClFN2O/c7-3-1-4(8)5(10-9)2-6(3)11/h1-2,10-11H,9H2. The van der Waals surface area contributed by atoms with Gasteiger partial charge in [-0.3, -0.25) is 5.84 Å². The molecule has 0 aliphatic heterocycles. The van der Waals surface area contributed by atoms with Crippen molar-refractivity contribution >= 4 is 17.3 Å². The number of phenolic OH excluding ortho intramolecular Hbond substituents is 1. The van der Waals surface area contributed by atoms with Crippen molar-refractivity contribution in [1.29, 1.82) is 0 Å². The number of nitrogens with one attached hydrogen (secondary N) is 1. The Kier molecular flexibility index (Phi) is 2.16. The van der Waals surface area contributed by atoms with Gasteiger partial charge in [0.1, 0.15) is 11.6 Å². The maximum atomic E-state index is 12.7. The lowest BCUT2D eigenvalue weighted by molar-refractivity contribution is 0.474. The number of hydrazine groups is 1. The molecule has 0 fully saturated rings. The third-order valence-corrected chi connectivity index (χ3v) is 1.49. The van der Waals surface area contributed by atoms with E-state index >= 15 is 0 Å². The average molecular weight is 177 g/mol. The second-order valence-electron chi connectivity index (χ2n) is 1.93. The Bertz CT molecular complexity index is 280. The van der Waals surface area contributed by atoms with E-state index in [4.69, 9.17) is 22.6 Å². The van der Waals surface area contributed by atoms with E-state index < -0.39 is 5.82 Å². The van der Waals surface area contributed by atoms with E-state index in [1.807, 2.05) is 0 Å². The Morgan fingerprint density at radius 1 is 1.55 bits per heavy atom. The lowest BCUT2D eigenvalue weighted by Crippen LogP contribution is -2.08. The highest BCUT2D eigenvalue weighted by molar-refractivity contribution is 6.32. The summed E-state index contributed by atoms with van der Waals surface area (Å²) in [5, 5.41) is 8.92. The first kappa shape index (κ1) is 8.10. The summed E-state index contributed by atoms with van der Waals surface area (Å²) in [6, 6.07) is 2.09. The van der Waals surface area contributed by atoms with Gasteiger partial charge in [0.2, 0.25) is 0 Å². The van der Waals surface area contributed by atoms with Crippen LogP contribution in [0.25, 0.3) is 0 Å². The zero-order valence-corrected chi connectivity index (χ0v) is 6.19. The summed E-state index contributed by atoms with van der Waals surface area (Å²) >= 11 is 5.38. The number of nitrogen functional groups attached to an aromatic ring is 1. The molecule has 0 amide bonds. The second-order valence-corrected chi connectivity index (χ2v) is 2.34. The number of hydrogen-bond donors (Lipinski definition) is 3. The Hall–Kier alpha value is -1.00. The van der Waals surface area contributed by atoms with Crippen LogP contribution in [0.1, 0.15) is 0 Å². The highest BCUT2D eigenvalue weighted by Gasteiger charge is 2.05. The van der Waals surface area contributed by atoms with Crippen molar-refractivity contribution in [3.8, 4) is 5.75 Å². The van der Waals surface area contributed by atoms with Crippen molar-refractivity contribution in [2.45, 2.75) is 0 Å². The van der Waals surface area contributed by atoms with Crippen molar-refractivity contribution < 1.29 is 9.50 Å². The Morgan fingerprint density at radius 3 is 2.73 bits per heavy atom. The molecule has 0 atom stereocenters. The van der Waals surface area contributed by atoms with Crippen LogP contribution in [0.5, 0.6) is 5.75 Å². The quantitative estimate of drug-likeness (QED) is 0.449. The predicted molar refractivity (Wildman–Crippen MR) is 40.9 cm³/mol. The molecule has 60 valence electrons. The van der Waals surface area contributed by atoms with E-state index in [0.717, 1.165) is 12.1 Å². The Balaban J connectivity index is 3.21. The molecule has 0 radical (unpaired) electrons. The van der Waals surface area contributed by atoms with Gasteiger partial charge in [-0.05, 0) is 6.07 Å². The van der Waals surface area contributed by atoms with Crippen molar-refractivity contribution in [3.05, 3.63) is 23.0 Å². The molecule has 0 aromatic heterocycles. The maximum absolute atomic E-state index is 12.7. The fourth-order valence-electron chi connectivity index (χ4n) is 0.648. The molecule has 0 saturated heterocycles. The normalized spacial score (nSPS) is 9.73. The second kappa shape index (κ2) is 2.94. The lowest BCUT2D eigenvalue weighted by Gasteiger charge is -2.02. The molecular formula is C6H6ClFN2O. The summed E-state index contributed by atoms with van der Waals surface area (Å²) in [4.78, 5) is 0. The molecule has 0 aliphatic carbocycles. The third-order valence-electron chi connectivity index (χ3n) is 1.19. The van der Waals surface area contributed by atoms with E-state index in [9.17, 15) is 4.39 Å². The first-order valence-electron chi connectivity index (χ1n) is 2.79. The minimum Gasteiger partial charge on any atom is -0.506 e. The summed E-state index contributed by atoms with van der Waals surface area (Å²) in [6.07, 6.45) is 0. The van der Waals surface area contributed by atoms with Crippen molar-refractivity contribution in [1.82, 2.24) is 0 Å². The van der Waals surface area contributed by atoms with Gasteiger partial charge < -0.3 is 10.5 Å². The molecule has 0 unspecified atom stereocenters. The maximum Gasteiger partial charge on any atom is 0.149 e. The molecule has 5 heteroatoms. The molecule has 1 aromatic rings. The van der Waals surface area contributed by atoms with Crippen LogP contribution in [-0.4, -0.2) is 5.11 Å². The molecule has 0 bridgehead atoms. The number of benzene rings is 1. The first-order chi connectivity index (χ1) is 5.15. The largest absolute Gasteiger partial charge is 0.506 e. The van der Waals surface area contributed by atoms with Crippen LogP contribution in [0.4, 0.5) is 10.1 Å². The number of anilines is 1. The van der Waals surface area contributed by atoms with Crippen LogP contribution in [0, 0.1) is 5.82 Å². The van der Waals surface area contributed by atoms with Gasteiger partial charge in [0.05, 0.1) is 10.7 Å². The summed E-state index contributed by atoms with van der Waals surface area (Å²) in [5.74, 6) is 4.12. The number of rotatable bonds is 1. The number of nitrogens with two attached hydrogens (primary N) is 1. The third kappa shape index (κ3) is 1.53. The monoisotopic (exact) mass is 176 g/mol. The number of halogens is 2. The number of aromatic hydroxyl groups is 1. The predicted octanol–water partition coefficient (Wildman–Crippen LogP) is 1.47. The van der Waals surface area contributed by atoms with Crippen LogP contribution >= 0.6 is 11.6 Å². The van der Waals surface area contributed by atoms with Gasteiger partial charge in [-0.25, -0.2) is 4.39 Å². The van der Waals surface area contributed by atoms with Crippen LogP contribution in [-0.2, 0) is 0 Å². The average Bonchev–Trinajstić information content (AvgIpc) is 1.97. The number of hydrogen-bond acceptors (Lipinski definition) is 3. The van der Waals surface area contributed by atoms with Crippen LogP contribution in [0.3, 0.4) is 0 Å². The molecule has 1 rings (SSSR count). The summed E-state index contributed by atoms with van der Waals surface area (Å²) in [7, 11) is 0. The molecule has 0 aliphatic rings. The summed E-state index contributed by atoms with van der Waals surface area (Å²) in [5.41, 5.74) is 2.08. The lowest BCUT2D eigenvalue weighted by atomic mass is 10.3. The molecule has 11 heavy (non-hydrogen) atoms. The summed E-state index contributed by atoms with van der Waals surface area (Å²) < 4.78 is 12.7. The topological polar surface area (TPSA) is 58.3 Å². The Morgan fingerprint density at radius 2 is 2.18 bits per heavy atom. The van der Waals surface area contributed by atoms with E-state index in [0.29, 0.717) is 0 Å². The molecule has 1 aromatic carbocycles. The van der Waals surface area contributed by atoms with E-state index in [2.05, 4.69) is 5.43 Å². The zero-order chi connectivity index (χ0) is 8.43. The molecule has 0 saturated carbocycles. The van der Waals surface area contributed by atoms with Gasteiger partial charge in [-0.15, -0.1) is 0 Å². The van der Waals surface area contributed by atoms with Crippen molar-refractivity contribution in [3.63, 3.8) is 0 Å². The van der Waals surface area contributed by atoms with Crippen LogP contribution < -0.4 is 11.3 Å². The van der Waals surface area contributed by atoms with Gasteiger partial charge in [0, 0.05) is 6.07 Å². The minimum absolute atomic E-state index is 0.00639. The highest BCUT2D eigenvalue weighted by atomic mass is 35.5. The van der Waals surface area contributed by atoms with Crippen molar-refractivity contribution in [2.75, 3.05) is 5.43 Å². The smallest absolute Gasteiger partial charge is 0.149 e. The first-order valence-corrected chi connectivity index (χ1v) is 3.17. The Labute approximate surface area is 67.6 Å². The van der Waals surface area contributed by atoms with Gasteiger partial charge in [-0.1, -0.05) is 11.6 Å². The van der Waals surface area contributed by atoms with E-state index in [1.54, 1.807) is 0 Å². The zero-order valence-electron chi connectivity index (χ0n) is 5.44. The highest BCUT2D eigenvalue weighted by Crippen LogP contribution is 2.28. The fraction of sp³-hybridized carbons (Fsp3) is 0. The summed E-state index contributed by atoms with van der Waals surface area (Å²) in [6.45, 7) is 0. The fourth-order valence-corrected chi connectivity index (χ4v) is 0.799.